The minimum Gasteiger partial charge on any atom is -0.354 e. The fourth-order valence-electron chi connectivity index (χ4n) is 3.46. The number of nitrogens with one attached hydrogen (secondary N) is 2. The van der Waals surface area contributed by atoms with Gasteiger partial charge in [-0.1, -0.05) is 17.7 Å². The molecule has 0 spiro atoms. The number of hydrogen-bond acceptors (Lipinski definition) is 4. The van der Waals surface area contributed by atoms with E-state index in [4.69, 9.17) is 11.6 Å². The van der Waals surface area contributed by atoms with Gasteiger partial charge in [-0.2, -0.15) is 4.31 Å². The van der Waals surface area contributed by atoms with Crippen molar-refractivity contribution in [2.24, 2.45) is 5.92 Å². The Morgan fingerprint density at radius 1 is 1.32 bits per heavy atom. The molecule has 2 aliphatic heterocycles. The number of sulfonamides is 1. The molecule has 2 saturated heterocycles. The highest BCUT2D eigenvalue weighted by atomic mass is 35.5. The summed E-state index contributed by atoms with van der Waals surface area (Å²) < 4.78 is 27.1. The molecule has 2 N–H and O–H groups in total. The van der Waals surface area contributed by atoms with Crippen LogP contribution in [0.4, 0.5) is 0 Å². The van der Waals surface area contributed by atoms with Crippen molar-refractivity contribution in [2.45, 2.75) is 36.6 Å². The zero-order valence-electron chi connectivity index (χ0n) is 14.1. The number of nitrogens with zero attached hydrogens (tertiary/aromatic N) is 1. The number of amides is 1. The third kappa shape index (κ3) is 4.53. The Balaban J connectivity index is 1.59. The summed E-state index contributed by atoms with van der Waals surface area (Å²) in [6, 6.07) is 6.25. The summed E-state index contributed by atoms with van der Waals surface area (Å²) in [5.74, 6) is 0.153. The Labute approximate surface area is 154 Å². The summed E-state index contributed by atoms with van der Waals surface area (Å²) in [6.07, 6.45) is 3.60. The number of hydrogen-bond donors (Lipinski definition) is 2. The van der Waals surface area contributed by atoms with Crippen LogP contribution in [0.15, 0.2) is 29.2 Å². The van der Waals surface area contributed by atoms with Crippen LogP contribution in [0.1, 0.15) is 25.7 Å². The lowest BCUT2D eigenvalue weighted by molar-refractivity contribution is -0.123. The summed E-state index contributed by atoms with van der Waals surface area (Å²) in [5, 5.41) is 6.55. The van der Waals surface area contributed by atoms with Gasteiger partial charge in [0.25, 0.3) is 0 Å². The van der Waals surface area contributed by atoms with Gasteiger partial charge in [-0.15, -0.1) is 0 Å². The molecule has 1 aromatic rings. The van der Waals surface area contributed by atoms with Crippen LogP contribution >= 0.6 is 11.6 Å². The molecule has 8 heteroatoms. The maximum absolute atomic E-state index is 12.8. The minimum absolute atomic E-state index is 0.0207. The van der Waals surface area contributed by atoms with Crippen molar-refractivity contribution in [2.75, 3.05) is 26.2 Å². The van der Waals surface area contributed by atoms with Gasteiger partial charge in [0.1, 0.15) is 0 Å². The second kappa shape index (κ2) is 8.03. The molecule has 2 fully saturated rings. The van der Waals surface area contributed by atoms with Crippen LogP contribution in [0.5, 0.6) is 0 Å². The van der Waals surface area contributed by atoms with Crippen LogP contribution in [0.2, 0.25) is 5.02 Å². The van der Waals surface area contributed by atoms with Crippen LogP contribution in [0.3, 0.4) is 0 Å². The molecule has 6 nitrogen and oxygen atoms in total. The first-order valence-corrected chi connectivity index (χ1v) is 10.6. The lowest BCUT2D eigenvalue weighted by Crippen LogP contribution is -2.46. The molecule has 2 aliphatic rings. The van der Waals surface area contributed by atoms with E-state index in [1.165, 1.54) is 10.4 Å². The highest BCUT2D eigenvalue weighted by Crippen LogP contribution is 2.25. The quantitative estimate of drug-likeness (QED) is 0.807. The molecule has 0 aromatic heterocycles. The highest BCUT2D eigenvalue weighted by Gasteiger charge is 2.31. The van der Waals surface area contributed by atoms with Gasteiger partial charge in [0.05, 0.1) is 10.9 Å². The highest BCUT2D eigenvalue weighted by molar-refractivity contribution is 7.89. The third-order valence-corrected chi connectivity index (χ3v) is 6.95. The van der Waals surface area contributed by atoms with E-state index < -0.39 is 10.0 Å². The molecule has 25 heavy (non-hydrogen) atoms. The first-order valence-electron chi connectivity index (χ1n) is 8.73. The summed E-state index contributed by atoms with van der Waals surface area (Å²) in [6.45, 7) is 2.32. The van der Waals surface area contributed by atoms with Crippen molar-refractivity contribution in [3.63, 3.8) is 0 Å². The molecule has 2 heterocycles. The molecular formula is C17H24ClN3O3S. The molecule has 0 saturated carbocycles. The molecule has 2 unspecified atom stereocenters. The lowest BCUT2D eigenvalue weighted by atomic mass is 9.99. The van der Waals surface area contributed by atoms with Crippen molar-refractivity contribution < 1.29 is 13.2 Å². The zero-order valence-corrected chi connectivity index (χ0v) is 15.7. The Bertz CT molecular complexity index is 720. The van der Waals surface area contributed by atoms with E-state index in [-0.39, 0.29) is 22.8 Å². The van der Waals surface area contributed by atoms with Crippen molar-refractivity contribution in [3.05, 3.63) is 29.3 Å². The number of carbonyl (C=O) groups is 1. The molecular weight excluding hydrogens is 362 g/mol. The normalized spacial score (nSPS) is 25.0. The maximum atomic E-state index is 12.8. The van der Waals surface area contributed by atoms with Gasteiger partial charge in [-0.25, -0.2) is 8.42 Å². The third-order valence-electron chi connectivity index (χ3n) is 4.86. The van der Waals surface area contributed by atoms with E-state index >= 15 is 0 Å². The van der Waals surface area contributed by atoms with Gasteiger partial charge in [0.2, 0.25) is 15.9 Å². The van der Waals surface area contributed by atoms with Crippen molar-refractivity contribution >= 4 is 27.5 Å². The van der Waals surface area contributed by atoms with Crippen LogP contribution in [-0.4, -0.2) is 50.9 Å². The van der Waals surface area contributed by atoms with Crippen molar-refractivity contribution in [1.29, 1.82) is 0 Å². The van der Waals surface area contributed by atoms with E-state index in [1.54, 1.807) is 18.2 Å². The Morgan fingerprint density at radius 2 is 2.16 bits per heavy atom. The van der Waals surface area contributed by atoms with E-state index in [2.05, 4.69) is 10.6 Å². The van der Waals surface area contributed by atoms with Gasteiger partial charge < -0.3 is 10.6 Å². The zero-order chi connectivity index (χ0) is 17.9. The van der Waals surface area contributed by atoms with Crippen LogP contribution < -0.4 is 10.6 Å². The summed E-state index contributed by atoms with van der Waals surface area (Å²) in [4.78, 5) is 12.3. The number of piperidine rings is 1. The molecule has 1 aromatic carbocycles. The molecule has 3 rings (SSSR count). The topological polar surface area (TPSA) is 78.5 Å². The molecule has 0 bridgehead atoms. The van der Waals surface area contributed by atoms with Crippen molar-refractivity contribution in [1.82, 2.24) is 14.9 Å². The first kappa shape index (κ1) is 18.6. The van der Waals surface area contributed by atoms with E-state index in [0.717, 1.165) is 32.2 Å². The second-order valence-electron chi connectivity index (χ2n) is 6.72. The SMILES string of the molecule is O=C(NCC1CCCN(S(=O)(=O)c2cccc(Cl)c2)C1)C1CCCN1. The lowest BCUT2D eigenvalue weighted by Gasteiger charge is -2.32. The summed E-state index contributed by atoms with van der Waals surface area (Å²) in [7, 11) is -3.55. The molecule has 138 valence electrons. The van der Waals surface area contributed by atoms with E-state index in [0.29, 0.717) is 24.7 Å². The first-order chi connectivity index (χ1) is 12.0. The smallest absolute Gasteiger partial charge is 0.243 e. The Hall–Kier alpha value is -1.15. The summed E-state index contributed by atoms with van der Waals surface area (Å²) in [5.41, 5.74) is 0. The van der Waals surface area contributed by atoms with Gasteiger partial charge in [-0.3, -0.25) is 4.79 Å². The van der Waals surface area contributed by atoms with Gasteiger partial charge in [0.15, 0.2) is 0 Å². The Morgan fingerprint density at radius 3 is 2.88 bits per heavy atom. The number of halogens is 1. The van der Waals surface area contributed by atoms with Gasteiger partial charge in [0, 0.05) is 24.7 Å². The van der Waals surface area contributed by atoms with Gasteiger partial charge in [-0.05, 0) is 56.3 Å². The van der Waals surface area contributed by atoms with Crippen molar-refractivity contribution in [3.8, 4) is 0 Å². The Kier molecular flexibility index (Phi) is 5.99. The van der Waals surface area contributed by atoms with Gasteiger partial charge >= 0.3 is 0 Å². The number of benzene rings is 1. The standard InChI is InChI=1S/C17H24ClN3O3S/c18-14-5-1-6-15(10-14)25(23,24)21-9-3-4-13(12-21)11-20-17(22)16-7-2-8-19-16/h1,5-6,10,13,16,19H,2-4,7-9,11-12H2,(H,20,22). The molecule has 0 radical (unpaired) electrons. The number of carbonyl (C=O) groups excluding carboxylic acids is 1. The average Bonchev–Trinajstić information content (AvgIpc) is 3.15. The average molecular weight is 386 g/mol. The van der Waals surface area contributed by atoms with E-state index in [9.17, 15) is 13.2 Å². The minimum atomic E-state index is -3.55. The summed E-state index contributed by atoms with van der Waals surface area (Å²) >= 11 is 5.93. The molecule has 2 atom stereocenters. The largest absolute Gasteiger partial charge is 0.354 e. The predicted molar refractivity (Wildman–Crippen MR) is 97.0 cm³/mol. The molecule has 1 amide bonds. The van der Waals surface area contributed by atoms with Crippen LogP contribution in [-0.2, 0) is 14.8 Å². The van der Waals surface area contributed by atoms with Crippen LogP contribution in [0, 0.1) is 5.92 Å². The predicted octanol–water partition coefficient (Wildman–Crippen LogP) is 1.61. The molecule has 0 aliphatic carbocycles. The maximum Gasteiger partial charge on any atom is 0.243 e. The van der Waals surface area contributed by atoms with E-state index in [1.807, 2.05) is 0 Å². The van der Waals surface area contributed by atoms with Crippen LogP contribution in [0.25, 0.3) is 0 Å². The second-order valence-corrected chi connectivity index (χ2v) is 9.10. The number of rotatable bonds is 5. The fourth-order valence-corrected chi connectivity index (χ4v) is 5.32. The monoisotopic (exact) mass is 385 g/mol. The fraction of sp³-hybridized carbons (Fsp3) is 0.588.